The Balaban J connectivity index is 2.28. The number of aromatic nitrogens is 2. The quantitative estimate of drug-likeness (QED) is 0.915. The van der Waals surface area contributed by atoms with Crippen molar-refractivity contribution in [2.75, 3.05) is 0 Å². The van der Waals surface area contributed by atoms with Crippen molar-refractivity contribution in [3.63, 3.8) is 0 Å². The second-order valence-electron chi connectivity index (χ2n) is 4.27. The molecule has 0 spiro atoms. The van der Waals surface area contributed by atoms with Gasteiger partial charge in [-0.05, 0) is 13.0 Å². The molecule has 0 saturated heterocycles. The van der Waals surface area contributed by atoms with E-state index in [0.717, 1.165) is 6.07 Å². The number of nitrogens with two attached hydrogens (primary N) is 1. The summed E-state index contributed by atoms with van der Waals surface area (Å²) in [6, 6.07) is 4.33. The summed E-state index contributed by atoms with van der Waals surface area (Å²) in [6.07, 6.45) is 1.34. The average molecular weight is 265 g/mol. The molecule has 6 heteroatoms. The van der Waals surface area contributed by atoms with E-state index in [9.17, 15) is 13.6 Å². The van der Waals surface area contributed by atoms with Gasteiger partial charge in [-0.25, -0.2) is 13.8 Å². The molecule has 1 unspecified atom stereocenters. The monoisotopic (exact) mass is 265 g/mol. The van der Waals surface area contributed by atoms with Crippen molar-refractivity contribution >= 4 is 0 Å². The van der Waals surface area contributed by atoms with Gasteiger partial charge in [0.15, 0.2) is 11.6 Å². The second kappa shape index (κ2) is 5.27. The summed E-state index contributed by atoms with van der Waals surface area (Å²) in [5.41, 5.74) is 6.16. The predicted molar refractivity (Wildman–Crippen MR) is 66.5 cm³/mol. The maximum absolute atomic E-state index is 13.6. The maximum Gasteiger partial charge on any atom is 0.253 e. The van der Waals surface area contributed by atoms with Crippen LogP contribution in [-0.2, 0) is 6.54 Å². The lowest BCUT2D eigenvalue weighted by molar-refractivity contribution is 0.470. The first-order chi connectivity index (χ1) is 8.99. The minimum atomic E-state index is -0.983. The van der Waals surface area contributed by atoms with Crippen LogP contribution in [0.2, 0.25) is 0 Å². The zero-order valence-electron chi connectivity index (χ0n) is 10.3. The Morgan fingerprint density at radius 3 is 2.84 bits per heavy atom. The number of rotatable bonds is 3. The van der Waals surface area contributed by atoms with Crippen molar-refractivity contribution in [2.45, 2.75) is 19.5 Å². The SMILES string of the molecule is Cc1cc(=O)n(CC(N)c2cccc(F)c2F)cn1. The van der Waals surface area contributed by atoms with Gasteiger partial charge in [0.05, 0.1) is 12.4 Å². The first kappa shape index (κ1) is 13.4. The van der Waals surface area contributed by atoms with Gasteiger partial charge in [-0.15, -0.1) is 0 Å². The van der Waals surface area contributed by atoms with Crippen LogP contribution in [0.15, 0.2) is 35.4 Å². The fraction of sp³-hybridized carbons (Fsp3) is 0.231. The summed E-state index contributed by atoms with van der Waals surface area (Å²) in [7, 11) is 0. The van der Waals surface area contributed by atoms with Crippen LogP contribution in [0.4, 0.5) is 8.78 Å². The van der Waals surface area contributed by atoms with Crippen molar-refractivity contribution in [3.05, 3.63) is 63.8 Å². The molecule has 1 aromatic carbocycles. The average Bonchev–Trinajstić information content (AvgIpc) is 2.36. The molecule has 2 aromatic rings. The van der Waals surface area contributed by atoms with E-state index in [1.165, 1.54) is 29.1 Å². The predicted octanol–water partition coefficient (Wildman–Crippen LogP) is 1.53. The zero-order valence-corrected chi connectivity index (χ0v) is 10.3. The third kappa shape index (κ3) is 2.85. The van der Waals surface area contributed by atoms with Crippen LogP contribution in [0.5, 0.6) is 0 Å². The summed E-state index contributed by atoms with van der Waals surface area (Å²) in [6.45, 7) is 1.73. The van der Waals surface area contributed by atoms with Gasteiger partial charge >= 0.3 is 0 Å². The van der Waals surface area contributed by atoms with Crippen LogP contribution in [0, 0.1) is 18.6 Å². The lowest BCUT2D eigenvalue weighted by atomic mass is 10.1. The molecule has 0 aliphatic heterocycles. The molecule has 1 aromatic heterocycles. The van der Waals surface area contributed by atoms with Gasteiger partial charge in [-0.1, -0.05) is 12.1 Å². The molecular formula is C13H13F2N3O. The van der Waals surface area contributed by atoms with Crippen LogP contribution in [0.25, 0.3) is 0 Å². The Kier molecular flexibility index (Phi) is 3.71. The van der Waals surface area contributed by atoms with E-state index in [4.69, 9.17) is 5.73 Å². The first-order valence-electron chi connectivity index (χ1n) is 5.71. The second-order valence-corrected chi connectivity index (χ2v) is 4.27. The highest BCUT2D eigenvalue weighted by molar-refractivity contribution is 5.22. The molecule has 19 heavy (non-hydrogen) atoms. The number of benzene rings is 1. The highest BCUT2D eigenvalue weighted by atomic mass is 19.2. The Bertz CT molecular complexity index is 655. The summed E-state index contributed by atoms with van der Waals surface area (Å²) in [5.74, 6) is -1.94. The molecule has 0 bridgehead atoms. The fourth-order valence-electron chi connectivity index (χ4n) is 1.77. The van der Waals surface area contributed by atoms with Gasteiger partial charge in [-0.2, -0.15) is 0 Å². The molecule has 0 amide bonds. The van der Waals surface area contributed by atoms with E-state index in [1.54, 1.807) is 6.92 Å². The summed E-state index contributed by atoms with van der Waals surface area (Å²) < 4.78 is 27.9. The van der Waals surface area contributed by atoms with Crippen LogP contribution >= 0.6 is 0 Å². The highest BCUT2D eigenvalue weighted by Crippen LogP contribution is 2.18. The van der Waals surface area contributed by atoms with Gasteiger partial charge in [0.1, 0.15) is 0 Å². The van der Waals surface area contributed by atoms with Gasteiger partial charge in [0.25, 0.3) is 5.56 Å². The molecule has 100 valence electrons. The topological polar surface area (TPSA) is 60.9 Å². The number of hydrogen-bond acceptors (Lipinski definition) is 3. The summed E-state index contributed by atoms with van der Waals surface area (Å²) in [4.78, 5) is 15.6. The Labute approximate surface area is 108 Å². The van der Waals surface area contributed by atoms with Crippen LogP contribution < -0.4 is 11.3 Å². The third-order valence-corrected chi connectivity index (χ3v) is 2.79. The molecule has 0 aliphatic rings. The van der Waals surface area contributed by atoms with E-state index < -0.39 is 17.7 Å². The van der Waals surface area contributed by atoms with Gasteiger partial charge < -0.3 is 5.73 Å². The minimum absolute atomic E-state index is 0.0342. The number of hydrogen-bond donors (Lipinski definition) is 1. The minimum Gasteiger partial charge on any atom is -0.322 e. The van der Waals surface area contributed by atoms with Crippen molar-refractivity contribution in [1.82, 2.24) is 9.55 Å². The Hall–Kier alpha value is -2.08. The molecule has 1 atom stereocenters. The van der Waals surface area contributed by atoms with Gasteiger partial charge in [-0.3, -0.25) is 9.36 Å². The van der Waals surface area contributed by atoms with Crippen molar-refractivity contribution in [1.29, 1.82) is 0 Å². The standard InChI is InChI=1S/C13H13F2N3O/c1-8-5-12(19)18(7-17-8)6-11(16)9-3-2-4-10(14)13(9)15/h2-5,7,11H,6,16H2,1H3. The van der Waals surface area contributed by atoms with Crippen molar-refractivity contribution in [2.24, 2.45) is 5.73 Å². The van der Waals surface area contributed by atoms with Crippen LogP contribution in [0.3, 0.4) is 0 Å². The lowest BCUT2D eigenvalue weighted by Gasteiger charge is -2.14. The van der Waals surface area contributed by atoms with Gasteiger partial charge in [0.2, 0.25) is 0 Å². The fourth-order valence-corrected chi connectivity index (χ4v) is 1.77. The molecular weight excluding hydrogens is 252 g/mol. The normalized spacial score (nSPS) is 12.4. The van der Waals surface area contributed by atoms with E-state index in [1.807, 2.05) is 0 Å². The molecule has 2 rings (SSSR count). The van der Waals surface area contributed by atoms with E-state index in [-0.39, 0.29) is 17.7 Å². The number of nitrogens with zero attached hydrogens (tertiary/aromatic N) is 2. The van der Waals surface area contributed by atoms with E-state index in [0.29, 0.717) is 5.69 Å². The highest BCUT2D eigenvalue weighted by Gasteiger charge is 2.15. The zero-order chi connectivity index (χ0) is 14.0. The smallest absolute Gasteiger partial charge is 0.253 e. The molecule has 0 fully saturated rings. The lowest BCUT2D eigenvalue weighted by Crippen LogP contribution is -2.27. The maximum atomic E-state index is 13.6. The Morgan fingerprint density at radius 1 is 1.42 bits per heavy atom. The number of halogens is 2. The van der Waals surface area contributed by atoms with Crippen LogP contribution in [-0.4, -0.2) is 9.55 Å². The van der Waals surface area contributed by atoms with E-state index in [2.05, 4.69) is 4.98 Å². The Morgan fingerprint density at radius 2 is 2.16 bits per heavy atom. The van der Waals surface area contributed by atoms with Crippen LogP contribution in [0.1, 0.15) is 17.3 Å². The molecule has 0 radical (unpaired) electrons. The first-order valence-corrected chi connectivity index (χ1v) is 5.71. The molecule has 2 N–H and O–H groups in total. The molecule has 1 heterocycles. The summed E-state index contributed by atoms with van der Waals surface area (Å²) >= 11 is 0. The molecule has 0 aliphatic carbocycles. The van der Waals surface area contributed by atoms with E-state index >= 15 is 0 Å². The van der Waals surface area contributed by atoms with Crippen molar-refractivity contribution < 1.29 is 8.78 Å². The molecule has 0 saturated carbocycles. The largest absolute Gasteiger partial charge is 0.322 e. The molecule has 4 nitrogen and oxygen atoms in total. The van der Waals surface area contributed by atoms with Gasteiger partial charge in [0, 0.05) is 23.9 Å². The third-order valence-electron chi connectivity index (χ3n) is 2.79. The van der Waals surface area contributed by atoms with Crippen molar-refractivity contribution in [3.8, 4) is 0 Å². The summed E-state index contributed by atoms with van der Waals surface area (Å²) in [5, 5.41) is 0. The number of aryl methyl sites for hydroxylation is 1.